The Morgan fingerprint density at radius 2 is 1.06 bits per heavy atom. The van der Waals surface area contributed by atoms with Crippen molar-refractivity contribution >= 4 is 11.9 Å². The Kier molecular flexibility index (Phi) is 11.7. The first kappa shape index (κ1) is 31.7. The molecule has 0 heterocycles. The molecule has 0 unspecified atom stereocenters. The fourth-order valence-electron chi connectivity index (χ4n) is 2.30. The predicted octanol–water partition coefficient (Wildman–Crippen LogP) is 6.53. The first-order valence-electron chi connectivity index (χ1n) is 10.2. The van der Waals surface area contributed by atoms with Crippen LogP contribution in [0.2, 0.25) is 0 Å². The van der Waals surface area contributed by atoms with Gasteiger partial charge in [0.15, 0.2) is 0 Å². The van der Waals surface area contributed by atoms with Gasteiger partial charge in [-0.1, -0.05) is 27.7 Å². The van der Waals surface area contributed by atoms with E-state index >= 15 is 0 Å². The van der Waals surface area contributed by atoms with Crippen LogP contribution in [0.25, 0.3) is 0 Å². The Morgan fingerprint density at radius 3 is 1.29 bits per heavy atom. The largest absolute Gasteiger partial charge is 0.442 e. The van der Waals surface area contributed by atoms with Crippen LogP contribution in [0.5, 0.6) is 0 Å². The molecule has 0 N–H and O–H groups in total. The van der Waals surface area contributed by atoms with Gasteiger partial charge in [0, 0.05) is 17.5 Å². The molecule has 0 radical (unpaired) electrons. The smallest absolute Gasteiger partial charge is 0.434 e. The second-order valence-electron chi connectivity index (χ2n) is 9.24. The molecule has 0 aromatic carbocycles. The highest BCUT2D eigenvalue weighted by Crippen LogP contribution is 2.37. The van der Waals surface area contributed by atoms with E-state index in [4.69, 9.17) is 0 Å². The van der Waals surface area contributed by atoms with Gasteiger partial charge in [-0.15, -0.1) is 0 Å². The van der Waals surface area contributed by atoms with E-state index in [0.717, 1.165) is 6.42 Å². The number of amides is 1. The lowest BCUT2D eigenvalue weighted by Crippen LogP contribution is -2.48. The summed E-state index contributed by atoms with van der Waals surface area (Å²) in [6.45, 7) is 18.3. The van der Waals surface area contributed by atoms with Crippen molar-refractivity contribution in [3.63, 3.8) is 0 Å². The summed E-state index contributed by atoms with van der Waals surface area (Å²) in [5.74, 6) is -1.26. The third-order valence-electron chi connectivity index (χ3n) is 5.07. The maximum absolute atomic E-state index is 12.2. The molecule has 0 aliphatic carbocycles. The molecule has 0 rings (SSSR count). The fourth-order valence-corrected chi connectivity index (χ4v) is 2.30. The quantitative estimate of drug-likeness (QED) is 0.317. The number of hydrogen-bond acceptors (Lipinski definition) is 3. The molecule has 4 nitrogen and oxygen atoms in total. The Labute approximate surface area is 181 Å². The Morgan fingerprint density at radius 1 is 0.742 bits per heavy atom. The number of halogens is 6. The standard InChI is InChI=1S/C12H25NO.C9H12F6O2/c1-8-12(6,7)11(14)13(9(2)3)10(4)5;1-4-7(2,3)6(16)17-5(8(10,11)12)9(13,14)15/h9-10H,8H2,1-7H3;5H,4H2,1-3H3. The van der Waals surface area contributed by atoms with Crippen LogP contribution >= 0.6 is 0 Å². The van der Waals surface area contributed by atoms with E-state index < -0.39 is 29.8 Å². The summed E-state index contributed by atoms with van der Waals surface area (Å²) in [4.78, 5) is 25.4. The van der Waals surface area contributed by atoms with E-state index in [1.54, 1.807) is 0 Å². The van der Waals surface area contributed by atoms with E-state index in [0.29, 0.717) is 0 Å². The average Bonchev–Trinajstić information content (AvgIpc) is 2.57. The van der Waals surface area contributed by atoms with Crippen molar-refractivity contribution in [3.8, 4) is 0 Å². The number of ether oxygens (including phenoxy) is 1. The predicted molar refractivity (Wildman–Crippen MR) is 107 cm³/mol. The molecule has 0 bridgehead atoms. The lowest BCUT2D eigenvalue weighted by Gasteiger charge is -2.37. The number of esters is 1. The van der Waals surface area contributed by atoms with Gasteiger partial charge >= 0.3 is 18.3 Å². The third kappa shape index (κ3) is 10.1. The molecule has 0 fully saturated rings. The van der Waals surface area contributed by atoms with Crippen molar-refractivity contribution < 1.29 is 40.7 Å². The lowest BCUT2D eigenvalue weighted by atomic mass is 9.87. The van der Waals surface area contributed by atoms with Crippen LogP contribution in [0, 0.1) is 10.8 Å². The van der Waals surface area contributed by atoms with E-state index in [1.807, 2.05) is 18.7 Å². The van der Waals surface area contributed by atoms with Crippen molar-refractivity contribution in [3.05, 3.63) is 0 Å². The van der Waals surface area contributed by atoms with E-state index in [1.165, 1.54) is 20.8 Å². The molecule has 10 heteroatoms. The van der Waals surface area contributed by atoms with Crippen molar-refractivity contribution in [2.24, 2.45) is 10.8 Å². The van der Waals surface area contributed by atoms with Crippen LogP contribution in [0.15, 0.2) is 0 Å². The van der Waals surface area contributed by atoms with Crippen molar-refractivity contribution in [2.45, 2.75) is 113 Å². The van der Waals surface area contributed by atoms with Crippen LogP contribution in [-0.2, 0) is 14.3 Å². The summed E-state index contributed by atoms with van der Waals surface area (Å²) >= 11 is 0. The summed E-state index contributed by atoms with van der Waals surface area (Å²) in [5, 5.41) is 0. The summed E-state index contributed by atoms with van der Waals surface area (Å²) in [7, 11) is 0. The monoisotopic (exact) mass is 465 g/mol. The van der Waals surface area contributed by atoms with Gasteiger partial charge in [0.05, 0.1) is 5.41 Å². The van der Waals surface area contributed by atoms with Gasteiger partial charge in [-0.25, -0.2) is 0 Å². The van der Waals surface area contributed by atoms with Gasteiger partial charge in [0.25, 0.3) is 6.10 Å². The highest BCUT2D eigenvalue weighted by atomic mass is 19.4. The van der Waals surface area contributed by atoms with Crippen LogP contribution in [0.3, 0.4) is 0 Å². The Hall–Kier alpha value is -1.48. The van der Waals surface area contributed by atoms with Gasteiger partial charge in [-0.3, -0.25) is 9.59 Å². The molecule has 0 aliphatic rings. The summed E-state index contributed by atoms with van der Waals surface area (Å²) < 4.78 is 76.0. The van der Waals surface area contributed by atoms with E-state index in [-0.39, 0.29) is 29.8 Å². The summed E-state index contributed by atoms with van der Waals surface area (Å²) in [6, 6.07) is 0.571. The second-order valence-corrected chi connectivity index (χ2v) is 9.24. The Balaban J connectivity index is 0. The number of alkyl halides is 6. The average molecular weight is 466 g/mol. The zero-order valence-electron chi connectivity index (χ0n) is 20.1. The minimum absolute atomic E-state index is 0.0638. The highest BCUT2D eigenvalue weighted by Gasteiger charge is 2.60. The van der Waals surface area contributed by atoms with Crippen LogP contribution in [0.4, 0.5) is 26.3 Å². The number of nitrogens with zero attached hydrogens (tertiary/aromatic N) is 1. The molecular weight excluding hydrogens is 428 g/mol. The summed E-state index contributed by atoms with van der Waals surface area (Å²) in [5.41, 5.74) is -1.62. The molecule has 186 valence electrons. The zero-order chi connectivity index (χ0) is 25.6. The van der Waals surface area contributed by atoms with Crippen LogP contribution < -0.4 is 0 Å². The Bertz CT molecular complexity index is 559. The van der Waals surface area contributed by atoms with Crippen molar-refractivity contribution in [1.82, 2.24) is 4.90 Å². The fraction of sp³-hybridized carbons (Fsp3) is 0.905. The summed E-state index contributed by atoms with van der Waals surface area (Å²) in [6.07, 6.45) is -14.5. The van der Waals surface area contributed by atoms with Gasteiger partial charge in [0.2, 0.25) is 5.91 Å². The van der Waals surface area contributed by atoms with Gasteiger partial charge in [0.1, 0.15) is 0 Å². The van der Waals surface area contributed by atoms with Crippen molar-refractivity contribution in [1.29, 1.82) is 0 Å². The first-order chi connectivity index (χ1) is 13.6. The molecule has 31 heavy (non-hydrogen) atoms. The molecule has 0 saturated carbocycles. The number of hydrogen-bond donors (Lipinski definition) is 0. The molecule has 1 amide bonds. The molecule has 0 atom stereocenters. The van der Waals surface area contributed by atoms with E-state index in [2.05, 4.69) is 39.4 Å². The first-order valence-corrected chi connectivity index (χ1v) is 10.2. The molecule has 0 spiro atoms. The lowest BCUT2D eigenvalue weighted by molar-refractivity contribution is -0.315. The number of carbonyl (C=O) groups excluding carboxylic acids is 2. The number of rotatable bonds is 7. The van der Waals surface area contributed by atoms with Crippen molar-refractivity contribution in [2.75, 3.05) is 0 Å². The maximum Gasteiger partial charge on any atom is 0.434 e. The van der Waals surface area contributed by atoms with Gasteiger partial charge < -0.3 is 9.64 Å². The molecule has 0 saturated heterocycles. The zero-order valence-corrected chi connectivity index (χ0v) is 20.1. The van der Waals surface area contributed by atoms with Crippen LogP contribution in [0.1, 0.15) is 82.1 Å². The number of carbonyl (C=O) groups is 2. The topological polar surface area (TPSA) is 46.6 Å². The maximum atomic E-state index is 12.2. The highest BCUT2D eigenvalue weighted by molar-refractivity contribution is 5.82. The minimum Gasteiger partial charge on any atom is -0.442 e. The van der Waals surface area contributed by atoms with Crippen LogP contribution in [-0.4, -0.2) is 47.3 Å². The van der Waals surface area contributed by atoms with Gasteiger partial charge in [-0.05, 0) is 54.4 Å². The second kappa shape index (κ2) is 11.4. The molecule has 0 aliphatic heterocycles. The molecular formula is C21H37F6NO3. The normalized spacial score (nSPS) is 13.3. The van der Waals surface area contributed by atoms with Gasteiger partial charge in [-0.2, -0.15) is 26.3 Å². The SMILES string of the molecule is CCC(C)(C)C(=O)N(C(C)C)C(C)C.CCC(C)(C)C(=O)OC(C(F)(F)F)C(F)(F)F. The molecule has 0 aromatic rings. The third-order valence-corrected chi connectivity index (χ3v) is 5.07. The minimum atomic E-state index is -5.67. The molecule has 0 aromatic heterocycles. The van der Waals surface area contributed by atoms with E-state index in [9.17, 15) is 35.9 Å².